The van der Waals surface area contributed by atoms with Gasteiger partial charge >= 0.3 is 0 Å². The lowest BCUT2D eigenvalue weighted by Gasteiger charge is -2.58. The number of nitriles is 1. The Bertz CT molecular complexity index is 549. The zero-order valence-electron chi connectivity index (χ0n) is 15.3. The maximum absolute atomic E-state index is 11.4. The van der Waals surface area contributed by atoms with Gasteiger partial charge in [0.25, 0.3) is 0 Å². The molecular formula is C21H32N2O. The predicted octanol–water partition coefficient (Wildman–Crippen LogP) is 4.59. The summed E-state index contributed by atoms with van der Waals surface area (Å²) in [5.41, 5.74) is 1.82. The topological polar surface area (TPSA) is 52.9 Å². The van der Waals surface area contributed by atoms with Crippen LogP contribution in [0, 0.1) is 40.4 Å². The predicted molar refractivity (Wildman–Crippen MR) is 96.0 cm³/mol. The van der Waals surface area contributed by atoms with Gasteiger partial charge < -0.3 is 5.32 Å². The van der Waals surface area contributed by atoms with Crippen molar-refractivity contribution in [1.29, 1.82) is 5.26 Å². The monoisotopic (exact) mass is 328 g/mol. The Kier molecular flexibility index (Phi) is 5.04. The Morgan fingerprint density at radius 3 is 2.88 bits per heavy atom. The molecule has 0 bridgehead atoms. The van der Waals surface area contributed by atoms with E-state index < -0.39 is 0 Å². The van der Waals surface area contributed by atoms with Crippen LogP contribution in [0.4, 0.5) is 0 Å². The Labute approximate surface area is 146 Å². The highest BCUT2D eigenvalue weighted by molar-refractivity contribution is 5.73. The lowest BCUT2D eigenvalue weighted by Crippen LogP contribution is -2.53. The van der Waals surface area contributed by atoms with Gasteiger partial charge in [-0.2, -0.15) is 5.26 Å². The van der Waals surface area contributed by atoms with Crippen LogP contribution in [0.1, 0.15) is 71.6 Å². The SMILES string of the molecule is C=C1CC[C@H]2[C@@H](CC[C@H]3C[C@@H](NC(C)=O)CC[C@@]32C)[C@@H]1CCC#N. The van der Waals surface area contributed by atoms with Crippen LogP contribution in [0.3, 0.4) is 0 Å². The molecule has 0 saturated heterocycles. The molecule has 1 N–H and O–H groups in total. The quantitative estimate of drug-likeness (QED) is 0.770. The van der Waals surface area contributed by atoms with Gasteiger partial charge in [0.1, 0.15) is 0 Å². The molecule has 24 heavy (non-hydrogen) atoms. The molecule has 3 rings (SSSR count). The van der Waals surface area contributed by atoms with Gasteiger partial charge in [-0.3, -0.25) is 4.79 Å². The molecule has 0 aromatic rings. The van der Waals surface area contributed by atoms with E-state index in [0.29, 0.717) is 23.8 Å². The van der Waals surface area contributed by atoms with Crippen molar-refractivity contribution in [2.45, 2.75) is 77.7 Å². The summed E-state index contributed by atoms with van der Waals surface area (Å²) in [5, 5.41) is 12.2. The molecule has 0 spiro atoms. The van der Waals surface area contributed by atoms with Gasteiger partial charge in [0.05, 0.1) is 6.07 Å². The standard InChI is InChI=1S/C21H32N2O/c1-14-6-9-20-19(18(14)5-4-12-22)8-7-16-13-17(23-15(2)24)10-11-21(16,20)3/h16-20H,1,4-11,13H2,2-3H3,(H,23,24)/t16-,17-,18+,19-,20-,21-/m0/s1. The molecule has 3 saturated carbocycles. The van der Waals surface area contributed by atoms with Crippen molar-refractivity contribution in [1.82, 2.24) is 5.32 Å². The van der Waals surface area contributed by atoms with Crippen LogP contribution in [-0.2, 0) is 4.79 Å². The van der Waals surface area contributed by atoms with E-state index in [1.807, 2.05) is 0 Å². The highest BCUT2D eigenvalue weighted by Gasteiger charge is 2.53. The minimum Gasteiger partial charge on any atom is -0.354 e. The van der Waals surface area contributed by atoms with E-state index in [4.69, 9.17) is 5.26 Å². The molecule has 0 radical (unpaired) electrons. The van der Waals surface area contributed by atoms with Crippen LogP contribution in [0.5, 0.6) is 0 Å². The number of nitrogens with one attached hydrogen (secondary N) is 1. The minimum absolute atomic E-state index is 0.114. The summed E-state index contributed by atoms with van der Waals surface area (Å²) in [6, 6.07) is 2.72. The van der Waals surface area contributed by atoms with Gasteiger partial charge in [0.15, 0.2) is 0 Å². The van der Waals surface area contributed by atoms with E-state index in [0.717, 1.165) is 43.4 Å². The molecule has 1 amide bonds. The lowest BCUT2D eigenvalue weighted by molar-refractivity contribution is -0.121. The van der Waals surface area contributed by atoms with Gasteiger partial charge in [-0.25, -0.2) is 0 Å². The zero-order valence-corrected chi connectivity index (χ0v) is 15.3. The summed E-state index contributed by atoms with van der Waals surface area (Å²) in [5.74, 6) is 2.94. The van der Waals surface area contributed by atoms with Crippen LogP contribution in [0.15, 0.2) is 12.2 Å². The third-order valence-electron chi connectivity index (χ3n) is 7.54. The molecule has 3 nitrogen and oxygen atoms in total. The normalized spacial score (nSPS) is 41.7. The third kappa shape index (κ3) is 3.13. The van der Waals surface area contributed by atoms with E-state index in [1.165, 1.54) is 31.3 Å². The van der Waals surface area contributed by atoms with E-state index in [-0.39, 0.29) is 5.91 Å². The second-order valence-corrected chi connectivity index (χ2v) is 8.72. The number of amides is 1. The van der Waals surface area contributed by atoms with Gasteiger partial charge in [-0.05, 0) is 80.5 Å². The number of allylic oxidation sites excluding steroid dienone is 1. The summed E-state index contributed by atoms with van der Waals surface area (Å²) < 4.78 is 0. The molecule has 132 valence electrons. The fourth-order valence-electron chi connectivity index (χ4n) is 6.35. The van der Waals surface area contributed by atoms with Crippen molar-refractivity contribution in [3.8, 4) is 6.07 Å². The highest BCUT2D eigenvalue weighted by atomic mass is 16.1. The van der Waals surface area contributed by atoms with Crippen LogP contribution in [-0.4, -0.2) is 11.9 Å². The Balaban J connectivity index is 1.75. The molecule has 0 aromatic heterocycles. The van der Waals surface area contributed by atoms with Crippen molar-refractivity contribution in [2.24, 2.45) is 29.1 Å². The highest BCUT2D eigenvalue weighted by Crippen LogP contribution is 2.61. The third-order valence-corrected chi connectivity index (χ3v) is 7.54. The van der Waals surface area contributed by atoms with E-state index in [9.17, 15) is 4.79 Å². The number of nitrogens with zero attached hydrogens (tertiary/aromatic N) is 1. The maximum Gasteiger partial charge on any atom is 0.217 e. The molecule has 3 fully saturated rings. The maximum atomic E-state index is 11.4. The van der Waals surface area contributed by atoms with Crippen LogP contribution < -0.4 is 5.32 Å². The summed E-state index contributed by atoms with van der Waals surface area (Å²) in [6.07, 6.45) is 10.2. The van der Waals surface area contributed by atoms with Gasteiger partial charge in [-0.1, -0.05) is 19.1 Å². The molecule has 0 unspecified atom stereocenters. The average Bonchev–Trinajstić information content (AvgIpc) is 2.53. The van der Waals surface area contributed by atoms with Gasteiger partial charge in [-0.15, -0.1) is 0 Å². The molecular weight excluding hydrogens is 296 g/mol. The van der Waals surface area contributed by atoms with Crippen molar-refractivity contribution < 1.29 is 4.79 Å². The smallest absolute Gasteiger partial charge is 0.217 e. The van der Waals surface area contributed by atoms with Crippen LogP contribution in [0.25, 0.3) is 0 Å². The second-order valence-electron chi connectivity index (χ2n) is 8.72. The van der Waals surface area contributed by atoms with E-state index in [2.05, 4.69) is 24.9 Å². The van der Waals surface area contributed by atoms with Crippen molar-refractivity contribution >= 4 is 5.91 Å². The molecule has 3 heteroatoms. The molecule has 0 aromatic carbocycles. The fourth-order valence-corrected chi connectivity index (χ4v) is 6.35. The largest absolute Gasteiger partial charge is 0.354 e. The number of carbonyl (C=O) groups excluding carboxylic acids is 1. The summed E-state index contributed by atoms with van der Waals surface area (Å²) >= 11 is 0. The summed E-state index contributed by atoms with van der Waals surface area (Å²) in [6.45, 7) is 8.51. The molecule has 0 aliphatic heterocycles. The van der Waals surface area contributed by atoms with Crippen molar-refractivity contribution in [2.75, 3.05) is 0 Å². The number of hydrogen-bond donors (Lipinski definition) is 1. The van der Waals surface area contributed by atoms with E-state index in [1.54, 1.807) is 6.92 Å². The Morgan fingerprint density at radius 1 is 1.38 bits per heavy atom. The number of fused-ring (bicyclic) bond motifs is 3. The first kappa shape index (κ1) is 17.5. The number of rotatable bonds is 3. The molecule has 6 atom stereocenters. The first-order valence-corrected chi connectivity index (χ1v) is 9.77. The van der Waals surface area contributed by atoms with Gasteiger partial charge in [0, 0.05) is 19.4 Å². The number of carbonyl (C=O) groups is 1. The molecule has 0 heterocycles. The zero-order chi connectivity index (χ0) is 17.3. The number of hydrogen-bond acceptors (Lipinski definition) is 2. The van der Waals surface area contributed by atoms with Crippen molar-refractivity contribution in [3.63, 3.8) is 0 Å². The second kappa shape index (κ2) is 6.90. The minimum atomic E-state index is 0.114. The first-order valence-electron chi connectivity index (χ1n) is 9.77. The van der Waals surface area contributed by atoms with Crippen LogP contribution >= 0.6 is 0 Å². The first-order chi connectivity index (χ1) is 11.5. The summed E-state index contributed by atoms with van der Waals surface area (Å²) in [7, 11) is 0. The fraction of sp³-hybridized carbons (Fsp3) is 0.810. The molecule has 3 aliphatic carbocycles. The Hall–Kier alpha value is -1.30. The molecule has 3 aliphatic rings. The average molecular weight is 329 g/mol. The van der Waals surface area contributed by atoms with Crippen molar-refractivity contribution in [3.05, 3.63) is 12.2 Å². The van der Waals surface area contributed by atoms with Gasteiger partial charge in [0.2, 0.25) is 5.91 Å². The summed E-state index contributed by atoms with van der Waals surface area (Å²) in [4.78, 5) is 11.4. The Morgan fingerprint density at radius 2 is 2.17 bits per heavy atom. The van der Waals surface area contributed by atoms with Crippen LogP contribution in [0.2, 0.25) is 0 Å². The lowest BCUT2D eigenvalue weighted by atomic mass is 9.47. The van der Waals surface area contributed by atoms with E-state index >= 15 is 0 Å².